The van der Waals surface area contributed by atoms with E-state index in [1.807, 2.05) is 22.8 Å². The molecule has 202 valence electrons. The van der Waals surface area contributed by atoms with E-state index >= 15 is 0 Å². The molecule has 4 aromatic rings. The van der Waals surface area contributed by atoms with Crippen molar-refractivity contribution in [1.29, 1.82) is 0 Å². The Balaban J connectivity index is 1.49. The van der Waals surface area contributed by atoms with Crippen LogP contribution in [-0.2, 0) is 19.5 Å². The van der Waals surface area contributed by atoms with Gasteiger partial charge in [0.1, 0.15) is 5.82 Å². The summed E-state index contributed by atoms with van der Waals surface area (Å²) >= 11 is 0. The van der Waals surface area contributed by atoms with E-state index in [1.54, 1.807) is 4.68 Å². The van der Waals surface area contributed by atoms with Crippen LogP contribution in [0, 0.1) is 0 Å². The van der Waals surface area contributed by atoms with Crippen LogP contribution in [0.5, 0.6) is 0 Å². The van der Waals surface area contributed by atoms with Crippen molar-refractivity contribution in [2.75, 3.05) is 0 Å². The summed E-state index contributed by atoms with van der Waals surface area (Å²) in [4.78, 5) is 13.4. The molecule has 0 saturated carbocycles. The Bertz CT molecular complexity index is 1290. The van der Waals surface area contributed by atoms with Gasteiger partial charge in [0.2, 0.25) is 5.82 Å². The zero-order chi connectivity index (χ0) is 26.6. The van der Waals surface area contributed by atoms with Crippen LogP contribution in [0.15, 0.2) is 53.3 Å². The molecule has 0 aliphatic rings. The molecule has 8 heteroatoms. The molecule has 8 nitrogen and oxygen atoms in total. The molecule has 0 aliphatic carbocycles. The van der Waals surface area contributed by atoms with Crippen molar-refractivity contribution in [3.8, 4) is 22.5 Å². The van der Waals surface area contributed by atoms with E-state index in [-0.39, 0.29) is 5.69 Å². The minimum Gasteiger partial charge on any atom is -0.274 e. The van der Waals surface area contributed by atoms with Crippen molar-refractivity contribution in [3.63, 3.8) is 0 Å². The summed E-state index contributed by atoms with van der Waals surface area (Å²) < 4.78 is 3.58. The number of benzene rings is 2. The van der Waals surface area contributed by atoms with Crippen LogP contribution >= 0.6 is 0 Å². The van der Waals surface area contributed by atoms with Gasteiger partial charge in [0.15, 0.2) is 0 Å². The van der Waals surface area contributed by atoms with Crippen molar-refractivity contribution in [3.05, 3.63) is 70.4 Å². The SMILES string of the molecule is CCCCCCCCn1nc(CCCCCC)n(Cc2ccc(-c3ccccc3-c3nn[nH]n3)cc2)c1=O. The molecule has 0 amide bonds. The number of aryl methyl sites for hydroxylation is 2. The average Bonchev–Trinajstić information content (AvgIpc) is 3.58. The third-order valence-electron chi connectivity index (χ3n) is 7.10. The summed E-state index contributed by atoms with van der Waals surface area (Å²) in [6, 6.07) is 16.4. The van der Waals surface area contributed by atoms with E-state index in [0.717, 1.165) is 53.8 Å². The summed E-state index contributed by atoms with van der Waals surface area (Å²) in [5.41, 5.74) is 4.13. The van der Waals surface area contributed by atoms with Crippen molar-refractivity contribution in [2.45, 2.75) is 97.6 Å². The summed E-state index contributed by atoms with van der Waals surface area (Å²) in [6.45, 7) is 5.68. The third kappa shape index (κ3) is 7.27. The van der Waals surface area contributed by atoms with Crippen molar-refractivity contribution < 1.29 is 0 Å². The van der Waals surface area contributed by atoms with Crippen LogP contribution in [-0.4, -0.2) is 35.0 Å². The maximum atomic E-state index is 13.4. The molecule has 0 atom stereocenters. The number of tetrazole rings is 1. The standard InChI is InChI=1S/C30H41N7O/c1-3-5-7-9-10-14-22-37-30(38)36(28(33-37)17-11-8-6-4-2)23-24-18-20-25(21-19-24)26-15-12-13-16-27(26)29-31-34-35-32-29/h12-13,15-16,18-21H,3-11,14,17,22-23H2,1-2H3,(H,31,32,34,35). The maximum absolute atomic E-state index is 13.4. The fraction of sp³-hybridized carbons (Fsp3) is 0.500. The number of hydrogen-bond donors (Lipinski definition) is 1. The first-order chi connectivity index (χ1) is 18.7. The third-order valence-corrected chi connectivity index (χ3v) is 7.10. The number of aromatic nitrogens is 7. The lowest BCUT2D eigenvalue weighted by Gasteiger charge is -2.09. The fourth-order valence-corrected chi connectivity index (χ4v) is 4.91. The number of H-pyrrole nitrogens is 1. The van der Waals surface area contributed by atoms with Gasteiger partial charge >= 0.3 is 5.69 Å². The molecule has 4 rings (SSSR count). The smallest absolute Gasteiger partial charge is 0.274 e. The number of hydrogen-bond acceptors (Lipinski definition) is 5. The summed E-state index contributed by atoms with van der Waals surface area (Å²) in [5.74, 6) is 1.48. The Labute approximate surface area is 225 Å². The van der Waals surface area contributed by atoms with Crippen LogP contribution in [0.1, 0.15) is 89.4 Å². The van der Waals surface area contributed by atoms with Crippen molar-refractivity contribution >= 4 is 0 Å². The molecule has 38 heavy (non-hydrogen) atoms. The molecule has 0 bridgehead atoms. The fourth-order valence-electron chi connectivity index (χ4n) is 4.91. The minimum atomic E-state index is 0.00979. The predicted octanol–water partition coefficient (Wildman–Crippen LogP) is 6.42. The quantitative estimate of drug-likeness (QED) is 0.174. The zero-order valence-electron chi connectivity index (χ0n) is 22.9. The normalized spacial score (nSPS) is 11.3. The highest BCUT2D eigenvalue weighted by Crippen LogP contribution is 2.29. The van der Waals surface area contributed by atoms with Gasteiger partial charge in [0, 0.05) is 18.5 Å². The van der Waals surface area contributed by atoms with Gasteiger partial charge in [-0.25, -0.2) is 9.48 Å². The lowest BCUT2D eigenvalue weighted by molar-refractivity contribution is 0.510. The van der Waals surface area contributed by atoms with E-state index in [9.17, 15) is 4.79 Å². The van der Waals surface area contributed by atoms with E-state index in [4.69, 9.17) is 5.10 Å². The second kappa shape index (κ2) is 14.4. The minimum absolute atomic E-state index is 0.00979. The van der Waals surface area contributed by atoms with Crippen molar-refractivity contribution in [1.82, 2.24) is 35.0 Å². The number of aromatic amines is 1. The maximum Gasteiger partial charge on any atom is 0.346 e. The average molecular weight is 516 g/mol. The molecule has 2 aromatic heterocycles. The van der Waals surface area contributed by atoms with Gasteiger partial charge in [0.25, 0.3) is 0 Å². The summed E-state index contributed by atoms with van der Waals surface area (Å²) in [6.07, 6.45) is 12.7. The number of nitrogens with one attached hydrogen (secondary N) is 1. The van der Waals surface area contributed by atoms with Gasteiger partial charge in [-0.3, -0.25) is 4.57 Å². The molecule has 2 heterocycles. The highest BCUT2D eigenvalue weighted by Gasteiger charge is 2.15. The molecule has 0 fully saturated rings. The van der Waals surface area contributed by atoms with E-state index < -0.39 is 0 Å². The lowest BCUT2D eigenvalue weighted by atomic mass is 9.98. The molecular formula is C30H41N7O. The monoisotopic (exact) mass is 515 g/mol. The summed E-state index contributed by atoms with van der Waals surface area (Å²) in [5, 5.41) is 19.3. The Kier molecular flexibility index (Phi) is 10.4. The lowest BCUT2D eigenvalue weighted by Crippen LogP contribution is -2.26. The Hall–Kier alpha value is -3.55. The topological polar surface area (TPSA) is 94.3 Å². The number of nitrogens with zero attached hydrogens (tertiary/aromatic N) is 6. The first-order valence-electron chi connectivity index (χ1n) is 14.3. The Morgan fingerprint density at radius 3 is 2.18 bits per heavy atom. The molecule has 0 aliphatic heterocycles. The van der Waals surface area contributed by atoms with Gasteiger partial charge in [-0.2, -0.15) is 10.3 Å². The van der Waals surface area contributed by atoms with Crippen LogP contribution in [0.25, 0.3) is 22.5 Å². The molecule has 1 N–H and O–H groups in total. The van der Waals surface area contributed by atoms with E-state index in [0.29, 0.717) is 18.9 Å². The first kappa shape index (κ1) is 27.5. The highest BCUT2D eigenvalue weighted by molar-refractivity contribution is 5.80. The molecular weight excluding hydrogens is 474 g/mol. The predicted molar refractivity (Wildman–Crippen MR) is 152 cm³/mol. The van der Waals surface area contributed by atoms with E-state index in [2.05, 4.69) is 64.8 Å². The van der Waals surface area contributed by atoms with Gasteiger partial charge in [-0.05, 0) is 34.7 Å². The Morgan fingerprint density at radius 2 is 1.47 bits per heavy atom. The molecule has 0 radical (unpaired) electrons. The number of rotatable bonds is 16. The highest BCUT2D eigenvalue weighted by atomic mass is 16.2. The second-order valence-corrected chi connectivity index (χ2v) is 10.1. The van der Waals surface area contributed by atoms with Crippen LogP contribution in [0.4, 0.5) is 0 Å². The molecule has 0 spiro atoms. The van der Waals surface area contributed by atoms with Crippen LogP contribution in [0.3, 0.4) is 0 Å². The van der Waals surface area contributed by atoms with Gasteiger partial charge in [0.05, 0.1) is 6.54 Å². The largest absolute Gasteiger partial charge is 0.346 e. The van der Waals surface area contributed by atoms with Gasteiger partial charge < -0.3 is 0 Å². The van der Waals surface area contributed by atoms with Crippen LogP contribution < -0.4 is 5.69 Å². The molecule has 0 saturated heterocycles. The van der Waals surface area contributed by atoms with E-state index in [1.165, 1.54) is 44.9 Å². The van der Waals surface area contributed by atoms with Crippen molar-refractivity contribution in [2.24, 2.45) is 0 Å². The molecule has 2 aromatic carbocycles. The van der Waals surface area contributed by atoms with Crippen LogP contribution in [0.2, 0.25) is 0 Å². The van der Waals surface area contributed by atoms with Gasteiger partial charge in [-0.1, -0.05) is 114 Å². The zero-order valence-corrected chi connectivity index (χ0v) is 22.9. The molecule has 0 unspecified atom stereocenters. The second-order valence-electron chi connectivity index (χ2n) is 10.1. The van der Waals surface area contributed by atoms with Gasteiger partial charge in [-0.15, -0.1) is 10.2 Å². The summed E-state index contributed by atoms with van der Waals surface area (Å²) in [7, 11) is 0. The Morgan fingerprint density at radius 1 is 0.789 bits per heavy atom. The first-order valence-corrected chi connectivity index (χ1v) is 14.3. The number of unbranched alkanes of at least 4 members (excludes halogenated alkanes) is 8.